The maximum absolute atomic E-state index is 5.41. The molecule has 14 heavy (non-hydrogen) atoms. The van der Waals surface area contributed by atoms with E-state index in [1.807, 2.05) is 7.11 Å². The minimum atomic E-state index is 0.509. The van der Waals surface area contributed by atoms with Crippen LogP contribution in [-0.4, -0.2) is 37.2 Å². The fourth-order valence-corrected chi connectivity index (χ4v) is 2.89. The Kier molecular flexibility index (Phi) is 3.45. The summed E-state index contributed by atoms with van der Waals surface area (Å²) in [5, 5.41) is 0. The van der Waals surface area contributed by atoms with Gasteiger partial charge < -0.3 is 4.74 Å². The van der Waals surface area contributed by atoms with Crippen LogP contribution in [0.1, 0.15) is 39.0 Å². The molecular weight excluding hydrogens is 174 g/mol. The monoisotopic (exact) mass is 197 g/mol. The van der Waals surface area contributed by atoms with E-state index >= 15 is 0 Å². The van der Waals surface area contributed by atoms with Gasteiger partial charge in [0.1, 0.15) is 0 Å². The molecule has 0 unspecified atom stereocenters. The molecule has 0 aromatic rings. The van der Waals surface area contributed by atoms with Crippen molar-refractivity contribution >= 4 is 0 Å². The highest BCUT2D eigenvalue weighted by Gasteiger charge is 2.30. The maximum Gasteiger partial charge on any atom is 0.0710 e. The van der Waals surface area contributed by atoms with Crippen LogP contribution in [0.15, 0.2) is 0 Å². The fourth-order valence-electron chi connectivity index (χ4n) is 2.89. The van der Waals surface area contributed by atoms with Crippen LogP contribution in [-0.2, 0) is 4.74 Å². The Bertz CT molecular complexity index is 175. The summed E-state index contributed by atoms with van der Waals surface area (Å²) in [4.78, 5) is 2.65. The predicted octanol–water partition coefficient (Wildman–Crippen LogP) is 2.29. The zero-order valence-electron chi connectivity index (χ0n) is 9.54. The Morgan fingerprint density at radius 2 is 1.79 bits per heavy atom. The molecule has 2 nitrogen and oxygen atoms in total. The zero-order chi connectivity index (χ0) is 9.97. The van der Waals surface area contributed by atoms with E-state index in [0.29, 0.717) is 6.10 Å². The van der Waals surface area contributed by atoms with Gasteiger partial charge in [-0.15, -0.1) is 0 Å². The van der Waals surface area contributed by atoms with E-state index in [1.54, 1.807) is 0 Å². The number of likely N-dealkylation sites (tertiary alicyclic amines) is 1. The van der Waals surface area contributed by atoms with Gasteiger partial charge in [-0.3, -0.25) is 4.90 Å². The number of ether oxygens (including phenoxy) is 1. The summed E-state index contributed by atoms with van der Waals surface area (Å²) in [6.07, 6.45) is 7.43. The molecule has 0 spiro atoms. The van der Waals surface area contributed by atoms with Crippen molar-refractivity contribution in [3.05, 3.63) is 0 Å². The number of methoxy groups -OCH3 is 1. The molecule has 1 saturated carbocycles. The largest absolute Gasteiger partial charge is 0.380 e. The highest BCUT2D eigenvalue weighted by Crippen LogP contribution is 2.29. The molecule has 0 N–H and O–H groups in total. The molecule has 0 bridgehead atoms. The van der Waals surface area contributed by atoms with Crippen LogP contribution in [0.2, 0.25) is 0 Å². The van der Waals surface area contributed by atoms with Crippen LogP contribution >= 0.6 is 0 Å². The van der Waals surface area contributed by atoms with Crippen molar-refractivity contribution in [2.75, 3.05) is 20.2 Å². The zero-order valence-corrected chi connectivity index (χ0v) is 9.54. The van der Waals surface area contributed by atoms with Crippen molar-refractivity contribution in [2.45, 2.75) is 51.2 Å². The van der Waals surface area contributed by atoms with Crippen molar-refractivity contribution in [1.82, 2.24) is 4.90 Å². The first kappa shape index (κ1) is 10.4. The third-order valence-electron chi connectivity index (χ3n) is 4.01. The first-order chi connectivity index (χ1) is 6.79. The van der Waals surface area contributed by atoms with E-state index in [-0.39, 0.29) is 0 Å². The van der Waals surface area contributed by atoms with Gasteiger partial charge in [-0.2, -0.15) is 0 Å². The average Bonchev–Trinajstić information content (AvgIpc) is 2.67. The SMILES string of the molecule is CO[C@H]1CCN([C@H]2CC[C@H](C)CC2)C1. The van der Waals surface area contributed by atoms with Crippen LogP contribution in [0.3, 0.4) is 0 Å². The second-order valence-corrected chi connectivity index (χ2v) is 5.06. The standard InChI is InChI=1S/C12H23NO/c1-10-3-5-11(6-4-10)13-8-7-12(9-13)14-2/h10-12H,3-9H2,1-2H3/t10-,11-,12-/m0/s1. The van der Waals surface area contributed by atoms with Gasteiger partial charge in [-0.1, -0.05) is 6.92 Å². The Balaban J connectivity index is 1.79. The maximum atomic E-state index is 5.41. The van der Waals surface area contributed by atoms with E-state index in [1.165, 1.54) is 45.2 Å². The smallest absolute Gasteiger partial charge is 0.0710 e. The molecule has 0 aromatic heterocycles. The second kappa shape index (κ2) is 4.63. The molecule has 1 saturated heterocycles. The van der Waals surface area contributed by atoms with E-state index in [4.69, 9.17) is 4.74 Å². The van der Waals surface area contributed by atoms with Gasteiger partial charge in [0.15, 0.2) is 0 Å². The molecule has 0 aromatic carbocycles. The quantitative estimate of drug-likeness (QED) is 0.673. The molecule has 0 radical (unpaired) electrons. The average molecular weight is 197 g/mol. The van der Waals surface area contributed by atoms with Gasteiger partial charge in [0.2, 0.25) is 0 Å². The second-order valence-electron chi connectivity index (χ2n) is 5.06. The molecule has 2 rings (SSSR count). The summed E-state index contributed by atoms with van der Waals surface area (Å²) in [7, 11) is 1.84. The lowest BCUT2D eigenvalue weighted by Gasteiger charge is -2.33. The molecule has 1 atom stereocenters. The minimum Gasteiger partial charge on any atom is -0.380 e. The van der Waals surface area contributed by atoms with Crippen molar-refractivity contribution in [2.24, 2.45) is 5.92 Å². The van der Waals surface area contributed by atoms with E-state index in [2.05, 4.69) is 11.8 Å². The summed E-state index contributed by atoms with van der Waals surface area (Å²) in [5.74, 6) is 0.965. The molecule has 1 heterocycles. The van der Waals surface area contributed by atoms with E-state index in [9.17, 15) is 0 Å². The summed E-state index contributed by atoms with van der Waals surface area (Å²) < 4.78 is 5.41. The molecule has 82 valence electrons. The van der Waals surface area contributed by atoms with Gasteiger partial charge in [-0.05, 0) is 38.0 Å². The number of rotatable bonds is 2. The van der Waals surface area contributed by atoms with Crippen LogP contribution in [0.5, 0.6) is 0 Å². The van der Waals surface area contributed by atoms with Gasteiger partial charge in [-0.25, -0.2) is 0 Å². The molecule has 0 amide bonds. The molecular formula is C12H23NO. The number of hydrogen-bond acceptors (Lipinski definition) is 2. The summed E-state index contributed by atoms with van der Waals surface area (Å²) in [6.45, 7) is 4.82. The third-order valence-corrected chi connectivity index (χ3v) is 4.01. The molecule has 1 aliphatic heterocycles. The Labute approximate surface area is 87.6 Å². The van der Waals surface area contributed by atoms with Gasteiger partial charge in [0.05, 0.1) is 6.10 Å². The first-order valence-corrected chi connectivity index (χ1v) is 6.06. The van der Waals surface area contributed by atoms with Crippen molar-refractivity contribution in [3.8, 4) is 0 Å². The molecule has 2 heteroatoms. The van der Waals surface area contributed by atoms with Gasteiger partial charge >= 0.3 is 0 Å². The molecule has 2 fully saturated rings. The van der Waals surface area contributed by atoms with Crippen LogP contribution in [0, 0.1) is 5.92 Å². The topological polar surface area (TPSA) is 12.5 Å². The minimum absolute atomic E-state index is 0.509. The van der Waals surface area contributed by atoms with Crippen LogP contribution in [0.25, 0.3) is 0 Å². The Hall–Kier alpha value is -0.0800. The molecule has 2 aliphatic rings. The lowest BCUT2D eigenvalue weighted by atomic mass is 9.87. The lowest BCUT2D eigenvalue weighted by Crippen LogP contribution is -2.36. The first-order valence-electron chi connectivity index (χ1n) is 6.06. The van der Waals surface area contributed by atoms with Gasteiger partial charge in [0.25, 0.3) is 0 Å². The lowest BCUT2D eigenvalue weighted by molar-refractivity contribution is 0.0924. The van der Waals surface area contributed by atoms with Crippen molar-refractivity contribution < 1.29 is 4.74 Å². The van der Waals surface area contributed by atoms with Crippen LogP contribution in [0.4, 0.5) is 0 Å². The van der Waals surface area contributed by atoms with Crippen LogP contribution < -0.4 is 0 Å². The van der Waals surface area contributed by atoms with E-state index < -0.39 is 0 Å². The normalized spacial score (nSPS) is 40.3. The third kappa shape index (κ3) is 2.29. The summed E-state index contributed by atoms with van der Waals surface area (Å²) >= 11 is 0. The van der Waals surface area contributed by atoms with Crippen molar-refractivity contribution in [3.63, 3.8) is 0 Å². The Morgan fingerprint density at radius 3 is 2.36 bits per heavy atom. The molecule has 1 aliphatic carbocycles. The van der Waals surface area contributed by atoms with Gasteiger partial charge in [0, 0.05) is 26.2 Å². The highest BCUT2D eigenvalue weighted by molar-refractivity contribution is 4.84. The highest BCUT2D eigenvalue weighted by atomic mass is 16.5. The Morgan fingerprint density at radius 1 is 1.07 bits per heavy atom. The fraction of sp³-hybridized carbons (Fsp3) is 1.00. The summed E-state index contributed by atoms with van der Waals surface area (Å²) in [6, 6.07) is 0.867. The summed E-state index contributed by atoms with van der Waals surface area (Å²) in [5.41, 5.74) is 0. The predicted molar refractivity (Wildman–Crippen MR) is 58.4 cm³/mol. The number of hydrogen-bond donors (Lipinski definition) is 0. The van der Waals surface area contributed by atoms with Crippen molar-refractivity contribution in [1.29, 1.82) is 0 Å². The van der Waals surface area contributed by atoms with E-state index in [0.717, 1.165) is 12.0 Å². The number of nitrogens with zero attached hydrogens (tertiary/aromatic N) is 1.